The van der Waals surface area contributed by atoms with Crippen LogP contribution in [0.15, 0.2) is 30.3 Å². The van der Waals surface area contributed by atoms with Crippen LogP contribution < -0.4 is 4.74 Å². The fraction of sp³-hybridized carbons (Fsp3) is 0.421. The summed E-state index contributed by atoms with van der Waals surface area (Å²) >= 11 is 13.3. The van der Waals surface area contributed by atoms with Crippen molar-refractivity contribution in [2.75, 3.05) is 26.0 Å². The van der Waals surface area contributed by atoms with E-state index in [0.717, 1.165) is 16.2 Å². The zero-order valence-electron chi connectivity index (χ0n) is 15.8. The Bertz CT molecular complexity index is 892. The summed E-state index contributed by atoms with van der Waals surface area (Å²) in [6, 6.07) is 8.69. The quantitative estimate of drug-likeness (QED) is 0.350. The first-order chi connectivity index (χ1) is 13.1. The monoisotopic (exact) mass is 463 g/mol. The molecule has 1 aromatic heterocycles. The Labute approximate surface area is 180 Å². The van der Waals surface area contributed by atoms with E-state index in [1.165, 1.54) is 21.9 Å². The standard InChI is InChI=1S/C19H23Cl2NO4S2/c1-14(23)19-7-6-18(27-19)5-3-8-22(28(2,24)25)9-4-10-26-17-12-15(20)11-16(21)13-17/h6-7,11-13H,3-5,8-10H2,1-2H3. The number of ketones is 1. The lowest BCUT2D eigenvalue weighted by Gasteiger charge is -2.20. The highest BCUT2D eigenvalue weighted by Gasteiger charge is 2.16. The van der Waals surface area contributed by atoms with Crippen molar-refractivity contribution >= 4 is 50.3 Å². The molecule has 0 aliphatic carbocycles. The topological polar surface area (TPSA) is 63.7 Å². The van der Waals surface area contributed by atoms with Gasteiger partial charge in [0.05, 0.1) is 17.7 Å². The Balaban J connectivity index is 1.80. The predicted octanol–water partition coefficient (Wildman–Crippen LogP) is 4.92. The summed E-state index contributed by atoms with van der Waals surface area (Å²) in [5.41, 5.74) is 0. The van der Waals surface area contributed by atoms with Gasteiger partial charge in [0.1, 0.15) is 5.75 Å². The van der Waals surface area contributed by atoms with Crippen molar-refractivity contribution in [2.24, 2.45) is 0 Å². The number of nitrogens with zero attached hydrogens (tertiary/aromatic N) is 1. The highest BCUT2D eigenvalue weighted by Crippen LogP contribution is 2.24. The Kier molecular flexibility index (Phi) is 8.77. The van der Waals surface area contributed by atoms with Gasteiger partial charge in [0.15, 0.2) is 5.78 Å². The summed E-state index contributed by atoms with van der Waals surface area (Å²) in [6.07, 6.45) is 3.19. The van der Waals surface area contributed by atoms with Crippen LogP contribution >= 0.6 is 34.5 Å². The minimum atomic E-state index is -3.30. The van der Waals surface area contributed by atoms with Crippen LogP contribution in [0.4, 0.5) is 0 Å². The maximum atomic E-state index is 12.0. The molecule has 1 aromatic carbocycles. The molecule has 0 radical (unpaired) electrons. The summed E-state index contributed by atoms with van der Waals surface area (Å²) in [5, 5.41) is 0.976. The Hall–Kier alpha value is -1.12. The Morgan fingerprint density at radius 3 is 2.32 bits per heavy atom. The van der Waals surface area contributed by atoms with E-state index in [0.29, 0.717) is 48.3 Å². The van der Waals surface area contributed by atoms with Crippen molar-refractivity contribution < 1.29 is 17.9 Å². The third-order valence-electron chi connectivity index (χ3n) is 3.97. The van der Waals surface area contributed by atoms with E-state index in [-0.39, 0.29) is 5.78 Å². The first-order valence-corrected chi connectivity index (χ1v) is 12.2. The van der Waals surface area contributed by atoms with Crippen molar-refractivity contribution in [1.29, 1.82) is 0 Å². The number of Topliss-reactive ketones (excluding diaryl/α,β-unsaturated/α-hetero) is 1. The molecule has 2 aromatic rings. The molecule has 5 nitrogen and oxygen atoms in total. The first kappa shape index (κ1) is 23.2. The lowest BCUT2D eigenvalue weighted by Crippen LogP contribution is -2.33. The molecule has 0 saturated heterocycles. The first-order valence-electron chi connectivity index (χ1n) is 8.79. The molecule has 1 heterocycles. The second kappa shape index (κ2) is 10.6. The normalized spacial score (nSPS) is 11.8. The van der Waals surface area contributed by atoms with Crippen LogP contribution in [-0.4, -0.2) is 44.5 Å². The number of hydrogen-bond acceptors (Lipinski definition) is 5. The molecule has 0 aliphatic rings. The van der Waals surface area contributed by atoms with Gasteiger partial charge in [-0.25, -0.2) is 12.7 Å². The summed E-state index contributed by atoms with van der Waals surface area (Å²) in [7, 11) is -3.30. The highest BCUT2D eigenvalue weighted by molar-refractivity contribution is 7.88. The van der Waals surface area contributed by atoms with Crippen molar-refractivity contribution in [2.45, 2.75) is 26.2 Å². The molecule has 28 heavy (non-hydrogen) atoms. The zero-order valence-corrected chi connectivity index (χ0v) is 18.9. The average Bonchev–Trinajstić information content (AvgIpc) is 3.04. The molecule has 9 heteroatoms. The molecule has 0 spiro atoms. The van der Waals surface area contributed by atoms with Crippen LogP contribution in [0.2, 0.25) is 10.0 Å². The number of ether oxygens (including phenoxy) is 1. The van der Waals surface area contributed by atoms with Gasteiger partial charge in [0.25, 0.3) is 0 Å². The lowest BCUT2D eigenvalue weighted by molar-refractivity contribution is 0.102. The molecule has 2 rings (SSSR count). The maximum Gasteiger partial charge on any atom is 0.211 e. The SMILES string of the molecule is CC(=O)c1ccc(CCCN(CCCOc2cc(Cl)cc(Cl)c2)S(C)(=O)=O)s1. The van der Waals surface area contributed by atoms with Gasteiger partial charge in [-0.3, -0.25) is 4.79 Å². The molecule has 0 saturated carbocycles. The summed E-state index contributed by atoms with van der Waals surface area (Å²) in [4.78, 5) is 13.2. The van der Waals surface area contributed by atoms with E-state index < -0.39 is 10.0 Å². The van der Waals surface area contributed by atoms with Crippen molar-refractivity contribution in [3.63, 3.8) is 0 Å². The van der Waals surface area contributed by atoms with Gasteiger partial charge in [-0.1, -0.05) is 23.2 Å². The lowest BCUT2D eigenvalue weighted by atomic mass is 10.2. The molecule has 0 bridgehead atoms. The number of carbonyl (C=O) groups excluding carboxylic acids is 1. The predicted molar refractivity (Wildman–Crippen MR) is 116 cm³/mol. The van der Waals surface area contributed by atoms with E-state index in [9.17, 15) is 13.2 Å². The third-order valence-corrected chi connectivity index (χ3v) is 6.95. The largest absolute Gasteiger partial charge is 0.493 e. The number of halogens is 2. The number of hydrogen-bond donors (Lipinski definition) is 0. The van der Waals surface area contributed by atoms with E-state index in [1.807, 2.05) is 12.1 Å². The Morgan fingerprint density at radius 2 is 1.75 bits per heavy atom. The summed E-state index contributed by atoms with van der Waals surface area (Å²) < 4.78 is 31.1. The van der Waals surface area contributed by atoms with Gasteiger partial charge < -0.3 is 4.74 Å². The van der Waals surface area contributed by atoms with Gasteiger partial charge >= 0.3 is 0 Å². The van der Waals surface area contributed by atoms with Crippen LogP contribution in [0.25, 0.3) is 0 Å². The molecule has 0 unspecified atom stereocenters. The van der Waals surface area contributed by atoms with Crippen molar-refractivity contribution in [3.05, 3.63) is 50.1 Å². The minimum absolute atomic E-state index is 0.0509. The molecule has 154 valence electrons. The number of carbonyl (C=O) groups is 1. The third kappa shape index (κ3) is 7.72. The minimum Gasteiger partial charge on any atom is -0.493 e. The summed E-state index contributed by atoms with van der Waals surface area (Å²) in [5.74, 6) is 0.609. The van der Waals surface area contributed by atoms with Crippen molar-refractivity contribution in [3.8, 4) is 5.75 Å². The van der Waals surface area contributed by atoms with E-state index >= 15 is 0 Å². The number of benzene rings is 1. The van der Waals surface area contributed by atoms with E-state index in [4.69, 9.17) is 27.9 Å². The smallest absolute Gasteiger partial charge is 0.211 e. The van der Waals surface area contributed by atoms with Gasteiger partial charge in [-0.2, -0.15) is 0 Å². The van der Waals surface area contributed by atoms with Gasteiger partial charge in [0.2, 0.25) is 10.0 Å². The van der Waals surface area contributed by atoms with Crippen molar-refractivity contribution in [1.82, 2.24) is 4.31 Å². The van der Waals surface area contributed by atoms with Gasteiger partial charge in [-0.15, -0.1) is 11.3 Å². The second-order valence-electron chi connectivity index (χ2n) is 6.39. The van der Waals surface area contributed by atoms with Gasteiger partial charge in [-0.05, 0) is 56.5 Å². The Morgan fingerprint density at radius 1 is 1.11 bits per heavy atom. The second-order valence-corrected chi connectivity index (χ2v) is 10.4. The zero-order chi connectivity index (χ0) is 20.7. The summed E-state index contributed by atoms with van der Waals surface area (Å²) in [6.45, 7) is 2.70. The van der Waals surface area contributed by atoms with Crippen LogP contribution in [-0.2, 0) is 16.4 Å². The molecular formula is C19H23Cl2NO4S2. The number of rotatable bonds is 11. The number of sulfonamides is 1. The molecule has 0 aliphatic heterocycles. The fourth-order valence-corrected chi connectivity index (χ4v) is 4.99. The highest BCUT2D eigenvalue weighted by atomic mass is 35.5. The van der Waals surface area contributed by atoms with Gasteiger partial charge in [0, 0.05) is 28.0 Å². The maximum absolute atomic E-state index is 12.0. The van der Waals surface area contributed by atoms with E-state index in [2.05, 4.69) is 0 Å². The molecule has 0 N–H and O–H groups in total. The van der Waals surface area contributed by atoms with Crippen LogP contribution in [0.1, 0.15) is 34.3 Å². The molecule has 0 atom stereocenters. The number of aryl methyl sites for hydroxylation is 1. The van der Waals surface area contributed by atoms with Crippen LogP contribution in [0.3, 0.4) is 0 Å². The van der Waals surface area contributed by atoms with E-state index in [1.54, 1.807) is 25.1 Å². The average molecular weight is 464 g/mol. The fourth-order valence-electron chi connectivity index (χ4n) is 2.62. The van der Waals surface area contributed by atoms with Crippen LogP contribution in [0.5, 0.6) is 5.75 Å². The van der Waals surface area contributed by atoms with Crippen LogP contribution in [0, 0.1) is 0 Å². The number of thiophene rings is 1. The molecule has 0 amide bonds. The molecular weight excluding hydrogens is 441 g/mol. The molecule has 0 fully saturated rings.